The maximum Gasteiger partial charge on any atom is 0.251 e. The van der Waals surface area contributed by atoms with E-state index in [2.05, 4.69) is 26.6 Å². The van der Waals surface area contributed by atoms with Crippen molar-refractivity contribution in [3.63, 3.8) is 0 Å². The van der Waals surface area contributed by atoms with E-state index < -0.39 is 0 Å². The second-order valence-corrected chi connectivity index (χ2v) is 5.54. The first-order chi connectivity index (χ1) is 9.24. The molecular weight excluding hydrogens is 348 g/mol. The quantitative estimate of drug-likeness (QED) is 0.845. The molecule has 1 fully saturated rings. The number of carbonyl (C=O) groups excluding carboxylic acids is 1. The molecule has 20 heavy (non-hydrogen) atoms. The molecule has 110 valence electrons. The number of benzene rings is 1. The molecule has 5 nitrogen and oxygen atoms in total. The lowest BCUT2D eigenvalue weighted by Gasteiger charge is -2.23. The summed E-state index contributed by atoms with van der Waals surface area (Å²) in [6.45, 7) is 2.11. The lowest BCUT2D eigenvalue weighted by molar-refractivity contribution is 0.0929. The number of piperidine rings is 1. The molecule has 0 radical (unpaired) electrons. The van der Waals surface area contributed by atoms with Crippen LogP contribution in [-0.4, -0.2) is 31.8 Å². The maximum atomic E-state index is 12.2. The van der Waals surface area contributed by atoms with Gasteiger partial charge in [0.25, 0.3) is 5.91 Å². The SMILES string of the molecule is Cl.O=C(NC1CCNCC1)c1cc(Br)c2c(c1)OCO2. The molecule has 1 aromatic rings. The van der Waals surface area contributed by atoms with Crippen LogP contribution in [0, 0.1) is 0 Å². The molecule has 1 saturated heterocycles. The van der Waals surface area contributed by atoms with Gasteiger partial charge in [0.05, 0.1) is 4.47 Å². The van der Waals surface area contributed by atoms with E-state index >= 15 is 0 Å². The molecule has 2 N–H and O–H groups in total. The van der Waals surface area contributed by atoms with Gasteiger partial charge in [0.15, 0.2) is 11.5 Å². The van der Waals surface area contributed by atoms with Gasteiger partial charge >= 0.3 is 0 Å². The third-order valence-electron chi connectivity index (χ3n) is 3.36. The monoisotopic (exact) mass is 362 g/mol. The highest BCUT2D eigenvalue weighted by molar-refractivity contribution is 9.10. The Morgan fingerprint density at radius 1 is 1.30 bits per heavy atom. The fourth-order valence-corrected chi connectivity index (χ4v) is 2.89. The largest absolute Gasteiger partial charge is 0.454 e. The average molecular weight is 364 g/mol. The van der Waals surface area contributed by atoms with Crippen LogP contribution in [0.1, 0.15) is 23.2 Å². The highest BCUT2D eigenvalue weighted by atomic mass is 79.9. The Hall–Kier alpha value is -0.980. The molecule has 0 aromatic heterocycles. The highest BCUT2D eigenvalue weighted by Gasteiger charge is 2.22. The summed E-state index contributed by atoms with van der Waals surface area (Å²) in [5.74, 6) is 1.22. The summed E-state index contributed by atoms with van der Waals surface area (Å²) in [5, 5.41) is 6.33. The topological polar surface area (TPSA) is 59.6 Å². The van der Waals surface area contributed by atoms with Gasteiger partial charge in [0.2, 0.25) is 6.79 Å². The Labute approximate surface area is 131 Å². The predicted molar refractivity (Wildman–Crippen MR) is 80.9 cm³/mol. The molecule has 2 heterocycles. The molecule has 2 aliphatic heterocycles. The van der Waals surface area contributed by atoms with Crippen molar-refractivity contribution < 1.29 is 14.3 Å². The lowest BCUT2D eigenvalue weighted by atomic mass is 10.1. The van der Waals surface area contributed by atoms with Crippen LogP contribution in [0.4, 0.5) is 0 Å². The number of ether oxygens (including phenoxy) is 2. The third kappa shape index (κ3) is 3.19. The van der Waals surface area contributed by atoms with E-state index in [4.69, 9.17) is 9.47 Å². The second-order valence-electron chi connectivity index (χ2n) is 4.69. The molecular formula is C13H16BrClN2O3. The zero-order chi connectivity index (χ0) is 13.2. The highest BCUT2D eigenvalue weighted by Crippen LogP contribution is 2.39. The zero-order valence-corrected chi connectivity index (χ0v) is 13.2. The first-order valence-corrected chi connectivity index (χ1v) is 7.14. The molecule has 7 heteroatoms. The Morgan fingerprint density at radius 3 is 2.80 bits per heavy atom. The molecule has 0 spiro atoms. The van der Waals surface area contributed by atoms with Crippen LogP contribution in [0.5, 0.6) is 11.5 Å². The Bertz CT molecular complexity index is 507. The van der Waals surface area contributed by atoms with Crippen molar-refractivity contribution in [1.82, 2.24) is 10.6 Å². The van der Waals surface area contributed by atoms with Gasteiger partial charge in [0.1, 0.15) is 0 Å². The van der Waals surface area contributed by atoms with Crippen molar-refractivity contribution in [2.75, 3.05) is 19.9 Å². The maximum absolute atomic E-state index is 12.2. The predicted octanol–water partition coefficient (Wildman–Crippen LogP) is 2.08. The standard InChI is InChI=1S/C13H15BrN2O3.ClH/c14-10-5-8(6-11-12(10)19-7-18-11)13(17)16-9-1-3-15-4-2-9;/h5-6,9,15H,1-4,7H2,(H,16,17);1H. The van der Waals surface area contributed by atoms with Gasteiger partial charge in [-0.1, -0.05) is 0 Å². The van der Waals surface area contributed by atoms with Crippen LogP contribution in [0.25, 0.3) is 0 Å². The summed E-state index contributed by atoms with van der Waals surface area (Å²) in [7, 11) is 0. The average Bonchev–Trinajstić information content (AvgIpc) is 2.88. The fourth-order valence-electron chi connectivity index (χ4n) is 2.33. The smallest absolute Gasteiger partial charge is 0.251 e. The molecule has 1 aromatic carbocycles. The number of nitrogens with one attached hydrogen (secondary N) is 2. The number of amides is 1. The number of hydrogen-bond donors (Lipinski definition) is 2. The third-order valence-corrected chi connectivity index (χ3v) is 3.95. The summed E-state index contributed by atoms with van der Waals surface area (Å²) < 4.78 is 11.4. The molecule has 0 atom stereocenters. The van der Waals surface area contributed by atoms with Gasteiger partial charge in [-0.2, -0.15) is 0 Å². The Balaban J connectivity index is 0.00000147. The number of carbonyl (C=O) groups is 1. The molecule has 1 amide bonds. The lowest BCUT2D eigenvalue weighted by Crippen LogP contribution is -2.42. The van der Waals surface area contributed by atoms with Gasteiger partial charge in [-0.05, 0) is 54.0 Å². The van der Waals surface area contributed by atoms with Crippen molar-refractivity contribution in [3.05, 3.63) is 22.2 Å². The number of rotatable bonds is 2. The number of halogens is 2. The first kappa shape index (κ1) is 15.4. The Kier molecular flexibility index (Phi) is 5.12. The van der Waals surface area contributed by atoms with E-state index in [1.807, 2.05) is 0 Å². The molecule has 2 aliphatic rings. The van der Waals surface area contributed by atoms with Crippen molar-refractivity contribution in [3.8, 4) is 11.5 Å². The van der Waals surface area contributed by atoms with Crippen LogP contribution in [0.3, 0.4) is 0 Å². The minimum atomic E-state index is -0.0640. The van der Waals surface area contributed by atoms with Crippen LogP contribution in [-0.2, 0) is 0 Å². The molecule has 0 unspecified atom stereocenters. The zero-order valence-electron chi connectivity index (χ0n) is 10.8. The minimum Gasteiger partial charge on any atom is -0.454 e. The van der Waals surface area contributed by atoms with Crippen LogP contribution < -0.4 is 20.1 Å². The normalized spacial score (nSPS) is 17.4. The van der Waals surface area contributed by atoms with E-state index in [1.54, 1.807) is 12.1 Å². The summed E-state index contributed by atoms with van der Waals surface area (Å²) >= 11 is 3.40. The van der Waals surface area contributed by atoms with E-state index in [-0.39, 0.29) is 31.1 Å². The van der Waals surface area contributed by atoms with E-state index in [0.29, 0.717) is 17.1 Å². The Morgan fingerprint density at radius 2 is 2.05 bits per heavy atom. The van der Waals surface area contributed by atoms with Crippen LogP contribution in [0.15, 0.2) is 16.6 Å². The molecule has 0 saturated carbocycles. The van der Waals surface area contributed by atoms with Gasteiger partial charge in [-0.3, -0.25) is 4.79 Å². The first-order valence-electron chi connectivity index (χ1n) is 6.35. The van der Waals surface area contributed by atoms with Crippen molar-refractivity contribution in [2.24, 2.45) is 0 Å². The van der Waals surface area contributed by atoms with Gasteiger partial charge in [0, 0.05) is 11.6 Å². The van der Waals surface area contributed by atoms with E-state index in [0.717, 1.165) is 30.4 Å². The van der Waals surface area contributed by atoms with Gasteiger partial charge < -0.3 is 20.1 Å². The van der Waals surface area contributed by atoms with E-state index in [1.165, 1.54) is 0 Å². The van der Waals surface area contributed by atoms with Crippen LogP contribution >= 0.6 is 28.3 Å². The number of hydrogen-bond acceptors (Lipinski definition) is 4. The summed E-state index contributed by atoms with van der Waals surface area (Å²) in [6.07, 6.45) is 1.94. The molecule has 0 aliphatic carbocycles. The fraction of sp³-hybridized carbons (Fsp3) is 0.462. The molecule has 3 rings (SSSR count). The number of fused-ring (bicyclic) bond motifs is 1. The van der Waals surface area contributed by atoms with Crippen molar-refractivity contribution >= 4 is 34.2 Å². The molecule has 0 bridgehead atoms. The van der Waals surface area contributed by atoms with E-state index in [9.17, 15) is 4.79 Å². The summed E-state index contributed by atoms with van der Waals surface area (Å²) in [5.41, 5.74) is 0.592. The van der Waals surface area contributed by atoms with Gasteiger partial charge in [-0.25, -0.2) is 0 Å². The second kappa shape index (κ2) is 6.65. The van der Waals surface area contributed by atoms with Crippen molar-refractivity contribution in [2.45, 2.75) is 18.9 Å². The summed E-state index contributed by atoms with van der Waals surface area (Å²) in [4.78, 5) is 12.2. The van der Waals surface area contributed by atoms with Gasteiger partial charge in [-0.15, -0.1) is 12.4 Å². The van der Waals surface area contributed by atoms with Crippen molar-refractivity contribution in [1.29, 1.82) is 0 Å². The van der Waals surface area contributed by atoms with Crippen LogP contribution in [0.2, 0.25) is 0 Å². The summed E-state index contributed by atoms with van der Waals surface area (Å²) in [6, 6.07) is 3.74. The minimum absolute atomic E-state index is 0.